The van der Waals surface area contributed by atoms with Crippen LogP contribution in [0.2, 0.25) is 0 Å². The van der Waals surface area contributed by atoms with Crippen LogP contribution in [0.25, 0.3) is 0 Å². The van der Waals surface area contributed by atoms with Crippen molar-refractivity contribution in [2.75, 3.05) is 0 Å². The molecule has 5 heteroatoms. The van der Waals surface area contributed by atoms with Crippen LogP contribution >= 0.6 is 0 Å². The van der Waals surface area contributed by atoms with Gasteiger partial charge in [0.25, 0.3) is 0 Å². The molecule has 0 N–H and O–H groups in total. The first kappa shape index (κ1) is 7.84. The van der Waals surface area contributed by atoms with Crippen LogP contribution in [-0.2, 0) is 0 Å². The van der Waals surface area contributed by atoms with Crippen LogP contribution in [0.1, 0.15) is 0 Å². The summed E-state index contributed by atoms with van der Waals surface area (Å²) in [6.45, 7) is -2.92. The fourth-order valence-electron chi connectivity index (χ4n) is 0.523. The Labute approximate surface area is 60.6 Å². The average molecular weight is 163 g/mol. The third kappa shape index (κ3) is 2.45. The lowest BCUT2D eigenvalue weighted by atomic mass is 10.5. The highest BCUT2D eigenvalue weighted by atomic mass is 19.3. The Balaban J connectivity index is 2.66. The molecule has 0 saturated carbocycles. The fraction of sp³-hybridized carbons (Fsp3) is 0.167. The Morgan fingerprint density at radius 2 is 2.09 bits per heavy atom. The Hall–Kier alpha value is -1.26. The minimum absolute atomic E-state index is 0.290. The van der Waals surface area contributed by atoms with Gasteiger partial charge >= 0.3 is 6.61 Å². The number of alkyl halides is 2. The zero-order chi connectivity index (χ0) is 8.27. The summed E-state index contributed by atoms with van der Waals surface area (Å²) in [5.74, 6) is -0.881. The summed E-state index contributed by atoms with van der Waals surface area (Å²) in [6.07, 6.45) is 0.803. The first-order chi connectivity index (χ1) is 5.18. The Morgan fingerprint density at radius 3 is 2.55 bits per heavy atom. The fourth-order valence-corrected chi connectivity index (χ4v) is 0.523. The van der Waals surface area contributed by atoms with E-state index in [0.717, 1.165) is 18.3 Å². The standard InChI is InChI=1S/C6H4F3NO/c7-4-1-2-5(10-3-4)11-6(8)9/h1-3,6H. The lowest BCUT2D eigenvalue weighted by molar-refractivity contribution is -0.0529. The predicted molar refractivity (Wildman–Crippen MR) is 30.8 cm³/mol. The van der Waals surface area contributed by atoms with E-state index < -0.39 is 12.4 Å². The van der Waals surface area contributed by atoms with Crippen molar-refractivity contribution in [2.24, 2.45) is 0 Å². The van der Waals surface area contributed by atoms with Gasteiger partial charge in [-0.1, -0.05) is 0 Å². The van der Waals surface area contributed by atoms with Crippen LogP contribution in [0, 0.1) is 5.82 Å². The summed E-state index contributed by atoms with van der Waals surface area (Å²) in [6, 6.07) is 2.02. The molecule has 11 heavy (non-hydrogen) atoms. The van der Waals surface area contributed by atoms with Gasteiger partial charge in [0.05, 0.1) is 6.20 Å². The van der Waals surface area contributed by atoms with Crippen molar-refractivity contribution in [2.45, 2.75) is 6.61 Å². The molecule has 0 bridgehead atoms. The number of hydrogen-bond acceptors (Lipinski definition) is 2. The average Bonchev–Trinajstić information content (AvgIpc) is 1.93. The van der Waals surface area contributed by atoms with Crippen LogP contribution in [0.15, 0.2) is 18.3 Å². The maximum atomic E-state index is 12.1. The first-order valence-corrected chi connectivity index (χ1v) is 2.75. The summed E-state index contributed by atoms with van der Waals surface area (Å²) in [5, 5.41) is 0. The molecular formula is C6H4F3NO. The molecular weight excluding hydrogens is 159 g/mol. The quantitative estimate of drug-likeness (QED) is 0.663. The van der Waals surface area contributed by atoms with E-state index in [-0.39, 0.29) is 5.88 Å². The molecule has 1 aromatic heterocycles. The number of nitrogens with zero attached hydrogens (tertiary/aromatic N) is 1. The second-order valence-corrected chi connectivity index (χ2v) is 1.69. The molecule has 60 valence electrons. The molecule has 0 unspecified atom stereocenters. The molecule has 0 fully saturated rings. The molecule has 0 aromatic carbocycles. The normalized spacial score (nSPS) is 10.2. The zero-order valence-corrected chi connectivity index (χ0v) is 5.30. The van der Waals surface area contributed by atoms with Crippen molar-refractivity contribution >= 4 is 0 Å². The molecule has 0 aliphatic heterocycles. The Kier molecular flexibility index (Phi) is 2.30. The largest absolute Gasteiger partial charge is 0.417 e. The van der Waals surface area contributed by atoms with E-state index in [2.05, 4.69) is 9.72 Å². The summed E-state index contributed by atoms with van der Waals surface area (Å²) < 4.78 is 38.9. The molecule has 0 atom stereocenters. The van der Waals surface area contributed by atoms with Gasteiger partial charge in [-0.25, -0.2) is 9.37 Å². The number of halogens is 3. The van der Waals surface area contributed by atoms with Gasteiger partial charge in [-0.2, -0.15) is 8.78 Å². The Morgan fingerprint density at radius 1 is 1.36 bits per heavy atom. The van der Waals surface area contributed by atoms with Crippen LogP contribution in [-0.4, -0.2) is 11.6 Å². The monoisotopic (exact) mass is 163 g/mol. The SMILES string of the molecule is Fc1ccc(OC(F)F)nc1. The van der Waals surface area contributed by atoms with Crippen molar-refractivity contribution in [3.63, 3.8) is 0 Å². The van der Waals surface area contributed by atoms with Crippen LogP contribution in [0.5, 0.6) is 5.88 Å². The van der Waals surface area contributed by atoms with Gasteiger partial charge < -0.3 is 4.74 Å². The summed E-state index contributed by atoms with van der Waals surface area (Å²) in [7, 11) is 0. The molecule has 0 spiro atoms. The zero-order valence-electron chi connectivity index (χ0n) is 5.30. The third-order valence-electron chi connectivity index (χ3n) is 0.910. The number of hydrogen-bond donors (Lipinski definition) is 0. The van der Waals surface area contributed by atoms with Crippen LogP contribution in [0.4, 0.5) is 13.2 Å². The maximum absolute atomic E-state index is 12.1. The van der Waals surface area contributed by atoms with Crippen molar-refractivity contribution < 1.29 is 17.9 Å². The minimum atomic E-state index is -2.92. The highest BCUT2D eigenvalue weighted by Gasteiger charge is 2.03. The molecule has 0 radical (unpaired) electrons. The van der Waals surface area contributed by atoms with Crippen LogP contribution < -0.4 is 4.74 Å². The second-order valence-electron chi connectivity index (χ2n) is 1.69. The maximum Gasteiger partial charge on any atom is 0.388 e. The second kappa shape index (κ2) is 3.23. The van der Waals surface area contributed by atoms with Crippen molar-refractivity contribution in [1.82, 2.24) is 4.98 Å². The Bertz CT molecular complexity index is 224. The van der Waals surface area contributed by atoms with Crippen molar-refractivity contribution in [3.8, 4) is 5.88 Å². The van der Waals surface area contributed by atoms with Crippen molar-refractivity contribution in [3.05, 3.63) is 24.1 Å². The minimum Gasteiger partial charge on any atom is -0.417 e. The van der Waals surface area contributed by atoms with Gasteiger partial charge in [-0.15, -0.1) is 0 Å². The summed E-state index contributed by atoms with van der Waals surface area (Å²) >= 11 is 0. The van der Waals surface area contributed by atoms with Crippen molar-refractivity contribution in [1.29, 1.82) is 0 Å². The topological polar surface area (TPSA) is 22.1 Å². The van der Waals surface area contributed by atoms with Gasteiger partial charge in [-0.05, 0) is 6.07 Å². The molecule has 1 aromatic rings. The van der Waals surface area contributed by atoms with Gasteiger partial charge in [0.2, 0.25) is 5.88 Å². The first-order valence-electron chi connectivity index (χ1n) is 2.75. The van der Waals surface area contributed by atoms with Gasteiger partial charge in [-0.3, -0.25) is 0 Å². The van der Waals surface area contributed by atoms with E-state index in [9.17, 15) is 13.2 Å². The van der Waals surface area contributed by atoms with E-state index in [4.69, 9.17) is 0 Å². The third-order valence-corrected chi connectivity index (χ3v) is 0.910. The van der Waals surface area contributed by atoms with Gasteiger partial charge in [0.15, 0.2) is 0 Å². The molecule has 1 rings (SSSR count). The highest BCUT2D eigenvalue weighted by molar-refractivity contribution is 5.10. The van der Waals surface area contributed by atoms with E-state index >= 15 is 0 Å². The lowest BCUT2D eigenvalue weighted by Gasteiger charge is -2.00. The lowest BCUT2D eigenvalue weighted by Crippen LogP contribution is -2.03. The van der Waals surface area contributed by atoms with E-state index in [1.54, 1.807) is 0 Å². The van der Waals surface area contributed by atoms with Crippen LogP contribution in [0.3, 0.4) is 0 Å². The molecule has 0 aliphatic carbocycles. The van der Waals surface area contributed by atoms with Gasteiger partial charge in [0, 0.05) is 6.07 Å². The molecule has 1 heterocycles. The molecule has 2 nitrogen and oxygen atoms in total. The highest BCUT2D eigenvalue weighted by Crippen LogP contribution is 2.09. The number of rotatable bonds is 2. The van der Waals surface area contributed by atoms with E-state index in [1.807, 2.05) is 0 Å². The summed E-state index contributed by atoms with van der Waals surface area (Å²) in [5.41, 5.74) is 0. The smallest absolute Gasteiger partial charge is 0.388 e. The number of pyridine rings is 1. The van der Waals surface area contributed by atoms with E-state index in [0.29, 0.717) is 0 Å². The van der Waals surface area contributed by atoms with Gasteiger partial charge in [0.1, 0.15) is 5.82 Å². The molecule has 0 aliphatic rings. The number of ether oxygens (including phenoxy) is 1. The molecule has 0 amide bonds. The predicted octanol–water partition coefficient (Wildman–Crippen LogP) is 1.82. The molecule has 0 saturated heterocycles. The number of aromatic nitrogens is 1. The van der Waals surface area contributed by atoms with E-state index in [1.165, 1.54) is 0 Å². The summed E-state index contributed by atoms with van der Waals surface area (Å²) in [4.78, 5) is 3.24.